The first kappa shape index (κ1) is 27.0. The van der Waals surface area contributed by atoms with Crippen molar-refractivity contribution in [3.8, 4) is 0 Å². The highest BCUT2D eigenvalue weighted by atomic mass is 19.4. The molecule has 3 nitrogen and oxygen atoms in total. The number of alkyl halides is 6. The fraction of sp³-hybridized carbons (Fsp3) is 0.500. The topological polar surface area (TPSA) is 32.3 Å². The van der Waals surface area contributed by atoms with Crippen LogP contribution in [-0.2, 0) is 22.6 Å². The van der Waals surface area contributed by atoms with Crippen LogP contribution in [0.3, 0.4) is 0 Å². The molecule has 1 saturated carbocycles. The number of halogens is 6. The maximum absolute atomic E-state index is 13.6. The van der Waals surface area contributed by atoms with Crippen LogP contribution in [0, 0.1) is 5.92 Å². The molecule has 0 spiro atoms. The maximum atomic E-state index is 13.6. The summed E-state index contributed by atoms with van der Waals surface area (Å²) in [5.41, 5.74) is -3.14. The first-order valence-corrected chi connectivity index (χ1v) is 11.5. The zero-order valence-electron chi connectivity index (χ0n) is 19.9. The minimum absolute atomic E-state index is 0.0928. The summed E-state index contributed by atoms with van der Waals surface area (Å²) in [6.45, 7) is 2.29. The molecule has 0 saturated heterocycles. The molecule has 2 aromatic rings. The Morgan fingerprint density at radius 1 is 0.971 bits per heavy atom. The molecule has 0 radical (unpaired) electrons. The van der Waals surface area contributed by atoms with Crippen molar-refractivity contribution in [1.82, 2.24) is 10.2 Å². The lowest BCUT2D eigenvalue weighted by Crippen LogP contribution is -2.48. The van der Waals surface area contributed by atoms with Crippen LogP contribution >= 0.6 is 0 Å². The fourth-order valence-corrected chi connectivity index (χ4v) is 4.92. The molecule has 192 valence electrons. The Bertz CT molecular complexity index is 976. The van der Waals surface area contributed by atoms with E-state index in [0.29, 0.717) is 30.9 Å². The molecule has 0 heterocycles. The zero-order valence-corrected chi connectivity index (χ0v) is 19.9. The molecular formula is C26H30F6N2O. The summed E-state index contributed by atoms with van der Waals surface area (Å²) in [7, 11) is 3.97. The number of hydrogen-bond donors (Lipinski definition) is 1. The molecule has 1 amide bonds. The Hall–Kier alpha value is -2.55. The van der Waals surface area contributed by atoms with Gasteiger partial charge in [-0.1, -0.05) is 30.3 Å². The molecule has 1 aliphatic rings. The van der Waals surface area contributed by atoms with Gasteiger partial charge < -0.3 is 10.2 Å². The summed E-state index contributed by atoms with van der Waals surface area (Å²) in [5, 5.41) is 2.73. The van der Waals surface area contributed by atoms with Crippen molar-refractivity contribution in [3.63, 3.8) is 0 Å². The van der Waals surface area contributed by atoms with Gasteiger partial charge in [-0.15, -0.1) is 0 Å². The van der Waals surface area contributed by atoms with Crippen LogP contribution in [0.1, 0.15) is 60.9 Å². The summed E-state index contributed by atoms with van der Waals surface area (Å²) in [5.74, 6) is 0.0235. The molecule has 0 aromatic heterocycles. The summed E-state index contributed by atoms with van der Waals surface area (Å²) >= 11 is 0. The Morgan fingerprint density at radius 2 is 1.49 bits per heavy atom. The lowest BCUT2D eigenvalue weighted by atomic mass is 9.66. The molecule has 1 N–H and O–H groups in total. The smallest absolute Gasteiger partial charge is 0.349 e. The van der Waals surface area contributed by atoms with Crippen molar-refractivity contribution in [2.45, 2.75) is 56.4 Å². The molecule has 3 rings (SSSR count). The number of nitrogens with one attached hydrogen (secondary N) is 1. The highest BCUT2D eigenvalue weighted by Crippen LogP contribution is 2.43. The van der Waals surface area contributed by atoms with E-state index in [2.05, 4.69) is 10.2 Å². The number of nitrogens with zero attached hydrogens (tertiary/aromatic N) is 1. The number of benzene rings is 2. The third-order valence-corrected chi connectivity index (χ3v) is 6.80. The van der Waals surface area contributed by atoms with E-state index >= 15 is 0 Å². The fourth-order valence-electron chi connectivity index (χ4n) is 4.92. The second kappa shape index (κ2) is 10.2. The molecular weight excluding hydrogens is 470 g/mol. The Balaban J connectivity index is 1.91. The Labute approximate surface area is 201 Å². The third-order valence-electron chi connectivity index (χ3n) is 6.80. The largest absolute Gasteiger partial charge is 0.416 e. The van der Waals surface area contributed by atoms with Crippen LogP contribution < -0.4 is 5.32 Å². The number of hydrogen-bond acceptors (Lipinski definition) is 2. The van der Waals surface area contributed by atoms with Crippen LogP contribution in [0.15, 0.2) is 48.5 Å². The first-order chi connectivity index (χ1) is 16.2. The highest BCUT2D eigenvalue weighted by molar-refractivity contribution is 5.88. The van der Waals surface area contributed by atoms with Crippen LogP contribution in [-0.4, -0.2) is 31.4 Å². The van der Waals surface area contributed by atoms with Crippen molar-refractivity contribution in [3.05, 3.63) is 70.8 Å². The summed E-state index contributed by atoms with van der Waals surface area (Å²) < 4.78 is 79.8. The Kier molecular flexibility index (Phi) is 7.89. The number of carbonyl (C=O) groups is 1. The Morgan fingerprint density at radius 3 is 1.94 bits per heavy atom. The first-order valence-electron chi connectivity index (χ1n) is 11.5. The van der Waals surface area contributed by atoms with Gasteiger partial charge in [0.25, 0.3) is 0 Å². The van der Waals surface area contributed by atoms with E-state index in [1.807, 2.05) is 44.4 Å². The predicted molar refractivity (Wildman–Crippen MR) is 122 cm³/mol. The van der Waals surface area contributed by atoms with Gasteiger partial charge in [-0.3, -0.25) is 4.79 Å². The van der Waals surface area contributed by atoms with Crippen molar-refractivity contribution in [1.29, 1.82) is 0 Å². The van der Waals surface area contributed by atoms with Gasteiger partial charge in [-0.25, -0.2) is 0 Å². The lowest BCUT2D eigenvalue weighted by Gasteiger charge is -2.40. The predicted octanol–water partition coefficient (Wildman–Crippen LogP) is 6.59. The molecule has 1 aliphatic carbocycles. The van der Waals surface area contributed by atoms with Gasteiger partial charge in [-0.05, 0) is 81.9 Å². The molecule has 0 bridgehead atoms. The van der Waals surface area contributed by atoms with Crippen LogP contribution in [0.25, 0.3) is 0 Å². The average Bonchev–Trinajstić information content (AvgIpc) is 2.78. The number of amides is 1. The van der Waals surface area contributed by atoms with Crippen molar-refractivity contribution in [2.75, 3.05) is 20.6 Å². The van der Waals surface area contributed by atoms with Crippen LogP contribution in [0.4, 0.5) is 26.3 Å². The number of rotatable bonds is 6. The second-order valence-corrected chi connectivity index (χ2v) is 9.69. The van der Waals surface area contributed by atoms with E-state index in [4.69, 9.17) is 0 Å². The lowest BCUT2D eigenvalue weighted by molar-refractivity contribution is -0.143. The van der Waals surface area contributed by atoms with Crippen LogP contribution in [0.2, 0.25) is 0 Å². The van der Waals surface area contributed by atoms with Gasteiger partial charge in [0.05, 0.1) is 22.6 Å². The highest BCUT2D eigenvalue weighted by Gasteiger charge is 2.44. The summed E-state index contributed by atoms with van der Waals surface area (Å²) in [4.78, 5) is 15.7. The van der Waals surface area contributed by atoms with E-state index in [0.717, 1.165) is 24.9 Å². The van der Waals surface area contributed by atoms with Crippen LogP contribution in [0.5, 0.6) is 0 Å². The third kappa shape index (κ3) is 6.37. The SMILES string of the molecule is CC(NC(=O)C1(c2ccccc2)CCC(CN(C)C)CC1)c1cc(C(F)(F)F)cc(C(F)(F)F)c1. The van der Waals surface area contributed by atoms with E-state index in [1.54, 1.807) is 0 Å². The molecule has 9 heteroatoms. The standard InChI is InChI=1S/C26H30F6N2O/c1-17(19-13-21(25(27,28)29)15-22(14-19)26(30,31)32)33-23(35)24(20-7-5-4-6-8-20)11-9-18(10-12-24)16-34(2)3/h4-8,13-15,17-18H,9-12,16H2,1-3H3,(H,33,35). The molecule has 1 atom stereocenters. The minimum atomic E-state index is -4.95. The quantitative estimate of drug-likeness (QED) is 0.454. The monoisotopic (exact) mass is 500 g/mol. The maximum Gasteiger partial charge on any atom is 0.416 e. The van der Waals surface area contributed by atoms with E-state index < -0.39 is 34.9 Å². The van der Waals surface area contributed by atoms with Gasteiger partial charge >= 0.3 is 12.4 Å². The van der Waals surface area contributed by atoms with Gasteiger partial charge in [-0.2, -0.15) is 26.3 Å². The van der Waals surface area contributed by atoms with Crippen molar-refractivity contribution < 1.29 is 31.1 Å². The molecule has 1 unspecified atom stereocenters. The molecule has 2 aromatic carbocycles. The molecule has 0 aliphatic heterocycles. The average molecular weight is 501 g/mol. The van der Waals surface area contributed by atoms with Gasteiger partial charge in [0.2, 0.25) is 5.91 Å². The second-order valence-electron chi connectivity index (χ2n) is 9.69. The summed E-state index contributed by atoms with van der Waals surface area (Å²) in [6.07, 6.45) is -7.23. The zero-order chi connectivity index (χ0) is 26.0. The number of carbonyl (C=O) groups excluding carboxylic acids is 1. The molecule has 1 fully saturated rings. The van der Waals surface area contributed by atoms with Gasteiger partial charge in [0.1, 0.15) is 0 Å². The van der Waals surface area contributed by atoms with E-state index in [9.17, 15) is 31.1 Å². The van der Waals surface area contributed by atoms with E-state index in [1.165, 1.54) is 6.92 Å². The van der Waals surface area contributed by atoms with Crippen molar-refractivity contribution in [2.24, 2.45) is 5.92 Å². The van der Waals surface area contributed by atoms with Gasteiger partial charge in [0, 0.05) is 6.54 Å². The van der Waals surface area contributed by atoms with Gasteiger partial charge in [0.15, 0.2) is 0 Å². The van der Waals surface area contributed by atoms with E-state index in [-0.39, 0.29) is 17.5 Å². The van der Waals surface area contributed by atoms with Crippen molar-refractivity contribution >= 4 is 5.91 Å². The molecule has 35 heavy (non-hydrogen) atoms. The minimum Gasteiger partial charge on any atom is -0.349 e. The normalized spacial score (nSPS) is 22.2. The summed E-state index contributed by atoms with van der Waals surface area (Å²) in [6, 6.07) is 9.56.